The molecule has 3 heteroatoms. The number of hydrogen-bond donors (Lipinski definition) is 2. The summed E-state index contributed by atoms with van der Waals surface area (Å²) in [6.07, 6.45) is 0. The highest BCUT2D eigenvalue weighted by Crippen LogP contribution is 2.18. The van der Waals surface area contributed by atoms with Gasteiger partial charge in [-0.25, -0.2) is 0 Å². The molecule has 2 aromatic carbocycles. The molecule has 2 rings (SSSR count). The van der Waals surface area contributed by atoms with Crippen molar-refractivity contribution in [3.8, 4) is 0 Å². The van der Waals surface area contributed by atoms with Crippen LogP contribution in [0, 0.1) is 13.8 Å². The molecule has 0 aliphatic heterocycles. The minimum absolute atomic E-state index is 0.0482. The average Bonchev–Trinajstić information content (AvgIpc) is 2.48. The highest BCUT2D eigenvalue weighted by molar-refractivity contribution is 5.88. The Hall–Kier alpha value is -2.13. The first-order valence-electron chi connectivity index (χ1n) is 7.63. The standard InChI is InChI=1S/C19H24N2O/c1-13-8-9-17(10-14(13)2)12-20-15(3)18-6-5-7-19(11-18)21-16(4)22/h5-11,15,20H,12H2,1-4H3,(H,21,22)/t15-/m1/s1. The largest absolute Gasteiger partial charge is 0.326 e. The van der Waals surface area contributed by atoms with E-state index in [4.69, 9.17) is 0 Å². The molecule has 0 saturated carbocycles. The zero-order valence-corrected chi connectivity index (χ0v) is 13.7. The summed E-state index contributed by atoms with van der Waals surface area (Å²) in [6, 6.07) is 14.7. The highest BCUT2D eigenvalue weighted by Gasteiger charge is 2.06. The molecule has 3 nitrogen and oxygen atoms in total. The first-order valence-corrected chi connectivity index (χ1v) is 7.63. The summed E-state index contributed by atoms with van der Waals surface area (Å²) < 4.78 is 0. The summed E-state index contributed by atoms with van der Waals surface area (Å²) in [5.74, 6) is -0.0482. The van der Waals surface area contributed by atoms with E-state index in [9.17, 15) is 4.79 Å². The number of anilines is 1. The highest BCUT2D eigenvalue weighted by atomic mass is 16.1. The van der Waals surface area contributed by atoms with Crippen molar-refractivity contribution in [1.82, 2.24) is 5.32 Å². The monoisotopic (exact) mass is 296 g/mol. The molecule has 0 heterocycles. The number of carbonyl (C=O) groups is 1. The van der Waals surface area contributed by atoms with Crippen molar-refractivity contribution in [3.05, 3.63) is 64.7 Å². The molecule has 0 aliphatic rings. The Labute approximate surface area is 132 Å². The van der Waals surface area contributed by atoms with Crippen LogP contribution >= 0.6 is 0 Å². The van der Waals surface area contributed by atoms with Crippen LogP contribution in [0.25, 0.3) is 0 Å². The summed E-state index contributed by atoms with van der Waals surface area (Å²) in [5, 5.41) is 6.35. The van der Waals surface area contributed by atoms with Crippen molar-refractivity contribution in [2.45, 2.75) is 40.3 Å². The molecule has 2 N–H and O–H groups in total. The van der Waals surface area contributed by atoms with Gasteiger partial charge in [-0.1, -0.05) is 30.3 Å². The molecule has 0 aliphatic carbocycles. The van der Waals surface area contributed by atoms with E-state index < -0.39 is 0 Å². The zero-order valence-electron chi connectivity index (χ0n) is 13.7. The summed E-state index contributed by atoms with van der Waals surface area (Å²) in [4.78, 5) is 11.1. The van der Waals surface area contributed by atoms with E-state index in [-0.39, 0.29) is 11.9 Å². The maximum absolute atomic E-state index is 11.1. The number of aryl methyl sites for hydroxylation is 2. The Kier molecular flexibility index (Phi) is 5.34. The Bertz CT molecular complexity index is 664. The number of nitrogens with one attached hydrogen (secondary N) is 2. The van der Waals surface area contributed by atoms with Crippen molar-refractivity contribution in [2.24, 2.45) is 0 Å². The second-order valence-electron chi connectivity index (χ2n) is 5.83. The van der Waals surface area contributed by atoms with Gasteiger partial charge in [0.25, 0.3) is 0 Å². The van der Waals surface area contributed by atoms with Crippen LogP contribution < -0.4 is 10.6 Å². The van der Waals surface area contributed by atoms with Crippen molar-refractivity contribution in [1.29, 1.82) is 0 Å². The van der Waals surface area contributed by atoms with E-state index in [1.54, 1.807) is 0 Å². The molecule has 0 unspecified atom stereocenters. The van der Waals surface area contributed by atoms with Crippen molar-refractivity contribution < 1.29 is 4.79 Å². The molecule has 0 fully saturated rings. The van der Waals surface area contributed by atoms with Gasteiger partial charge in [0.2, 0.25) is 5.91 Å². The molecule has 0 spiro atoms. The Morgan fingerprint density at radius 2 is 1.86 bits per heavy atom. The summed E-state index contributed by atoms with van der Waals surface area (Å²) in [6.45, 7) is 8.75. The molecule has 116 valence electrons. The van der Waals surface area contributed by atoms with Crippen LogP contribution in [0.1, 0.15) is 42.1 Å². The van der Waals surface area contributed by atoms with Crippen molar-refractivity contribution in [2.75, 3.05) is 5.32 Å². The lowest BCUT2D eigenvalue weighted by atomic mass is 10.0. The van der Waals surface area contributed by atoms with Gasteiger partial charge in [0.15, 0.2) is 0 Å². The third-order valence-electron chi connectivity index (χ3n) is 3.89. The lowest BCUT2D eigenvalue weighted by molar-refractivity contribution is -0.114. The van der Waals surface area contributed by atoms with Crippen LogP contribution in [0.2, 0.25) is 0 Å². The second-order valence-corrected chi connectivity index (χ2v) is 5.83. The first-order chi connectivity index (χ1) is 10.5. The minimum atomic E-state index is -0.0482. The molecule has 2 aromatic rings. The van der Waals surface area contributed by atoms with Gasteiger partial charge in [-0.15, -0.1) is 0 Å². The van der Waals surface area contributed by atoms with Gasteiger partial charge in [-0.3, -0.25) is 4.79 Å². The fraction of sp³-hybridized carbons (Fsp3) is 0.316. The van der Waals surface area contributed by atoms with Gasteiger partial charge in [-0.05, 0) is 55.2 Å². The quantitative estimate of drug-likeness (QED) is 0.871. The van der Waals surface area contributed by atoms with Gasteiger partial charge in [0.1, 0.15) is 0 Å². The SMILES string of the molecule is CC(=O)Nc1cccc([C@@H](C)NCc2ccc(C)c(C)c2)c1. The molecule has 0 saturated heterocycles. The summed E-state index contributed by atoms with van der Waals surface area (Å²) >= 11 is 0. The number of carbonyl (C=O) groups excluding carboxylic acids is 1. The van der Waals surface area contributed by atoms with Gasteiger partial charge in [-0.2, -0.15) is 0 Å². The average molecular weight is 296 g/mol. The summed E-state index contributed by atoms with van der Waals surface area (Å²) in [5.41, 5.74) is 5.92. The Morgan fingerprint density at radius 3 is 2.55 bits per heavy atom. The number of amides is 1. The van der Waals surface area contributed by atoms with Gasteiger partial charge in [0.05, 0.1) is 0 Å². The van der Waals surface area contributed by atoms with Crippen LogP contribution in [-0.2, 0) is 11.3 Å². The molecule has 1 amide bonds. The normalized spacial score (nSPS) is 12.0. The lowest BCUT2D eigenvalue weighted by Crippen LogP contribution is -2.18. The Morgan fingerprint density at radius 1 is 1.09 bits per heavy atom. The topological polar surface area (TPSA) is 41.1 Å². The molecular weight excluding hydrogens is 272 g/mol. The fourth-order valence-electron chi connectivity index (χ4n) is 2.39. The number of rotatable bonds is 5. The number of hydrogen-bond acceptors (Lipinski definition) is 2. The van der Waals surface area contributed by atoms with E-state index in [0.29, 0.717) is 0 Å². The van der Waals surface area contributed by atoms with E-state index in [0.717, 1.165) is 17.8 Å². The molecule has 22 heavy (non-hydrogen) atoms. The molecule has 0 aromatic heterocycles. The van der Waals surface area contributed by atoms with Crippen molar-refractivity contribution >= 4 is 11.6 Å². The molecule has 0 radical (unpaired) electrons. The van der Waals surface area contributed by atoms with Gasteiger partial charge < -0.3 is 10.6 Å². The third kappa shape index (κ3) is 4.43. The van der Waals surface area contributed by atoms with Crippen LogP contribution in [0.4, 0.5) is 5.69 Å². The van der Waals surface area contributed by atoms with Gasteiger partial charge in [0, 0.05) is 25.2 Å². The predicted octanol–water partition coefficient (Wildman–Crippen LogP) is 4.11. The van der Waals surface area contributed by atoms with Crippen LogP contribution in [0.15, 0.2) is 42.5 Å². The summed E-state index contributed by atoms with van der Waals surface area (Å²) in [7, 11) is 0. The van der Waals surface area contributed by atoms with E-state index >= 15 is 0 Å². The predicted molar refractivity (Wildman–Crippen MR) is 91.9 cm³/mol. The van der Waals surface area contributed by atoms with Gasteiger partial charge >= 0.3 is 0 Å². The van der Waals surface area contributed by atoms with Crippen LogP contribution in [0.3, 0.4) is 0 Å². The maximum atomic E-state index is 11.1. The molecule has 1 atom stereocenters. The zero-order chi connectivity index (χ0) is 16.1. The second kappa shape index (κ2) is 7.23. The lowest BCUT2D eigenvalue weighted by Gasteiger charge is -2.16. The van der Waals surface area contributed by atoms with E-state index in [1.807, 2.05) is 18.2 Å². The smallest absolute Gasteiger partial charge is 0.221 e. The molecule has 0 bridgehead atoms. The Balaban J connectivity index is 2.01. The van der Waals surface area contributed by atoms with Crippen LogP contribution in [0.5, 0.6) is 0 Å². The fourth-order valence-corrected chi connectivity index (χ4v) is 2.39. The van der Waals surface area contributed by atoms with E-state index in [1.165, 1.54) is 23.6 Å². The third-order valence-corrected chi connectivity index (χ3v) is 3.89. The number of benzene rings is 2. The molecular formula is C19H24N2O. The van der Waals surface area contributed by atoms with Crippen molar-refractivity contribution in [3.63, 3.8) is 0 Å². The first kappa shape index (κ1) is 16.2. The minimum Gasteiger partial charge on any atom is -0.326 e. The van der Waals surface area contributed by atoms with Crippen LogP contribution in [-0.4, -0.2) is 5.91 Å². The maximum Gasteiger partial charge on any atom is 0.221 e. The van der Waals surface area contributed by atoms with E-state index in [2.05, 4.69) is 55.7 Å².